The lowest BCUT2D eigenvalue weighted by atomic mass is 10.0. The molecule has 0 N–H and O–H groups in total. The minimum atomic E-state index is -4.53. The fourth-order valence-corrected chi connectivity index (χ4v) is 4.68. The van der Waals surface area contributed by atoms with Crippen LogP contribution in [-0.2, 0) is 20.5 Å². The van der Waals surface area contributed by atoms with E-state index < -0.39 is 20.5 Å². The van der Waals surface area contributed by atoms with Gasteiger partial charge in [0.1, 0.15) is 23.0 Å². The minimum absolute atomic E-state index is 0.0616. The Bertz CT molecular complexity index is 1730. The predicted octanol–water partition coefficient (Wildman–Crippen LogP) is 4.20. The molecule has 0 saturated heterocycles. The third-order valence-electron chi connectivity index (χ3n) is 5.35. The van der Waals surface area contributed by atoms with Gasteiger partial charge in [0.15, 0.2) is 11.6 Å². The van der Waals surface area contributed by atoms with Crippen molar-refractivity contribution in [2.24, 2.45) is 0 Å². The predicted molar refractivity (Wildman–Crippen MR) is 145 cm³/mol. The Balaban J connectivity index is 1.37. The summed E-state index contributed by atoms with van der Waals surface area (Å²) >= 11 is 0. The van der Waals surface area contributed by atoms with E-state index in [1.807, 2.05) is 0 Å². The first kappa shape index (κ1) is 28.3. The fraction of sp³-hybridized carbons (Fsp3) is 0.0714. The summed E-state index contributed by atoms with van der Waals surface area (Å²) in [6.45, 7) is 0. The Kier molecular flexibility index (Phi) is 8.21. The van der Waals surface area contributed by atoms with Crippen molar-refractivity contribution in [3.63, 3.8) is 0 Å². The highest BCUT2D eigenvalue weighted by atomic mass is 32.3. The molecule has 0 radical (unpaired) electrons. The molecule has 0 fully saturated rings. The van der Waals surface area contributed by atoms with E-state index in [2.05, 4.69) is 0 Å². The van der Waals surface area contributed by atoms with Gasteiger partial charge >= 0.3 is 20.5 Å². The molecule has 0 heterocycles. The van der Waals surface area contributed by atoms with Crippen LogP contribution >= 0.6 is 0 Å². The van der Waals surface area contributed by atoms with Crippen molar-refractivity contribution in [2.45, 2.75) is 0 Å². The minimum Gasteiger partial charge on any atom is -0.497 e. The molecule has 0 spiro atoms. The standard InChI is InChI=1S/C28H22O10S2/c1-35-23-11-3-19(4-12-23)27(29)21-7-15-25(16-8-21)37-40(33,34)38-26-17-9-22(10-18-26)28(30)20-5-13-24(14-6-20)36-39(2,31)32/h3-18H,1-2H3. The SMILES string of the molecule is COc1ccc(C(=O)c2ccc(OS(=O)(=O)Oc3ccc(C(=O)c4ccc(OS(C)(=O)=O)cc4)cc3)cc2)cc1. The van der Waals surface area contributed by atoms with Crippen LogP contribution in [0.2, 0.25) is 0 Å². The molecule has 10 nitrogen and oxygen atoms in total. The third-order valence-corrected chi connectivity index (χ3v) is 6.63. The van der Waals surface area contributed by atoms with Crippen molar-refractivity contribution in [2.75, 3.05) is 13.4 Å². The monoisotopic (exact) mass is 582 g/mol. The smallest absolute Gasteiger partial charge is 0.497 e. The molecule has 4 rings (SSSR count). The van der Waals surface area contributed by atoms with Gasteiger partial charge in [-0.1, -0.05) is 0 Å². The Morgan fingerprint density at radius 2 is 0.750 bits per heavy atom. The highest BCUT2D eigenvalue weighted by Crippen LogP contribution is 2.22. The molecule has 40 heavy (non-hydrogen) atoms. The maximum absolute atomic E-state index is 12.7. The van der Waals surface area contributed by atoms with E-state index >= 15 is 0 Å². The van der Waals surface area contributed by atoms with Gasteiger partial charge in [0.05, 0.1) is 13.4 Å². The number of carbonyl (C=O) groups excluding carboxylic acids is 2. The van der Waals surface area contributed by atoms with Crippen LogP contribution in [0, 0.1) is 0 Å². The summed E-state index contributed by atoms with van der Waals surface area (Å²) in [6, 6.07) is 22.9. The second-order valence-corrected chi connectivity index (χ2v) is 11.0. The molecule has 0 bridgehead atoms. The van der Waals surface area contributed by atoms with Crippen molar-refractivity contribution in [3.05, 3.63) is 119 Å². The Morgan fingerprint density at radius 3 is 1.02 bits per heavy atom. The highest BCUT2D eigenvalue weighted by Gasteiger charge is 2.18. The zero-order valence-electron chi connectivity index (χ0n) is 21.1. The van der Waals surface area contributed by atoms with E-state index in [-0.39, 0.29) is 39.9 Å². The molecule has 0 aliphatic rings. The zero-order chi connectivity index (χ0) is 28.9. The molecule has 0 saturated carbocycles. The Hall–Kier alpha value is -4.68. The number of benzene rings is 4. The Morgan fingerprint density at radius 1 is 0.475 bits per heavy atom. The lowest BCUT2D eigenvalue weighted by Gasteiger charge is -2.09. The number of rotatable bonds is 11. The first-order valence-electron chi connectivity index (χ1n) is 11.5. The lowest BCUT2D eigenvalue weighted by molar-refractivity contribution is 0.103. The van der Waals surface area contributed by atoms with E-state index in [1.54, 1.807) is 24.3 Å². The maximum Gasteiger partial charge on any atom is 0.500 e. The molecule has 4 aromatic rings. The largest absolute Gasteiger partial charge is 0.500 e. The molecule has 0 aliphatic heterocycles. The van der Waals surface area contributed by atoms with E-state index in [4.69, 9.17) is 17.3 Å². The van der Waals surface area contributed by atoms with Crippen LogP contribution in [0.25, 0.3) is 0 Å². The zero-order valence-corrected chi connectivity index (χ0v) is 22.8. The second kappa shape index (κ2) is 11.6. The van der Waals surface area contributed by atoms with Gasteiger partial charge in [-0.2, -0.15) is 8.42 Å². The van der Waals surface area contributed by atoms with Gasteiger partial charge < -0.3 is 17.3 Å². The summed E-state index contributed by atoms with van der Waals surface area (Å²) in [5, 5.41) is 0. The van der Waals surface area contributed by atoms with Crippen LogP contribution in [0.4, 0.5) is 0 Å². The number of ether oxygens (including phenoxy) is 1. The molecular weight excluding hydrogens is 560 g/mol. The number of carbonyl (C=O) groups is 2. The van der Waals surface area contributed by atoms with Crippen LogP contribution in [0.1, 0.15) is 31.8 Å². The van der Waals surface area contributed by atoms with Crippen LogP contribution in [0.3, 0.4) is 0 Å². The normalized spacial score (nSPS) is 11.3. The van der Waals surface area contributed by atoms with Gasteiger partial charge in [-0.05, 0) is 97.1 Å². The molecule has 0 atom stereocenters. The summed E-state index contributed by atoms with van der Waals surface area (Å²) < 4.78 is 67.0. The average Bonchev–Trinajstić information content (AvgIpc) is 2.92. The second-order valence-electron chi connectivity index (χ2n) is 8.32. The topological polar surface area (TPSA) is 139 Å². The van der Waals surface area contributed by atoms with Gasteiger partial charge in [0.25, 0.3) is 0 Å². The summed E-state index contributed by atoms with van der Waals surface area (Å²) in [7, 11) is -6.71. The highest BCUT2D eigenvalue weighted by molar-refractivity contribution is 7.86. The van der Waals surface area contributed by atoms with Gasteiger partial charge in [0.2, 0.25) is 0 Å². The summed E-state index contributed by atoms with van der Waals surface area (Å²) in [5.74, 6) is -0.143. The van der Waals surface area contributed by atoms with Crippen LogP contribution < -0.4 is 17.3 Å². The fourth-order valence-electron chi connectivity index (χ4n) is 3.49. The van der Waals surface area contributed by atoms with Crippen LogP contribution in [-0.4, -0.2) is 41.8 Å². The van der Waals surface area contributed by atoms with E-state index in [9.17, 15) is 26.4 Å². The first-order chi connectivity index (χ1) is 18.9. The number of methoxy groups -OCH3 is 1. The molecule has 4 aromatic carbocycles. The first-order valence-corrected chi connectivity index (χ1v) is 14.6. The molecule has 0 amide bonds. The molecule has 0 unspecified atom stereocenters. The molecular formula is C28H22O10S2. The van der Waals surface area contributed by atoms with E-state index in [1.165, 1.54) is 79.9 Å². The Labute approximate surface area is 231 Å². The molecule has 0 aliphatic carbocycles. The lowest BCUT2D eigenvalue weighted by Crippen LogP contribution is -2.16. The number of hydrogen-bond acceptors (Lipinski definition) is 10. The third kappa shape index (κ3) is 7.46. The quantitative estimate of drug-likeness (QED) is 0.187. The van der Waals surface area contributed by atoms with Crippen LogP contribution in [0.15, 0.2) is 97.1 Å². The van der Waals surface area contributed by atoms with Crippen molar-refractivity contribution >= 4 is 32.1 Å². The maximum atomic E-state index is 12.7. The van der Waals surface area contributed by atoms with E-state index in [0.29, 0.717) is 16.9 Å². The molecule has 0 aromatic heterocycles. The number of hydrogen-bond donors (Lipinski definition) is 0. The number of ketones is 2. The van der Waals surface area contributed by atoms with Gasteiger partial charge in [0, 0.05) is 22.3 Å². The molecule has 206 valence electrons. The summed E-state index contributed by atoms with van der Waals surface area (Å²) in [6.07, 6.45) is 0.907. The van der Waals surface area contributed by atoms with Crippen molar-refractivity contribution in [1.82, 2.24) is 0 Å². The average molecular weight is 583 g/mol. The van der Waals surface area contributed by atoms with Gasteiger partial charge in [-0.15, -0.1) is 8.42 Å². The van der Waals surface area contributed by atoms with E-state index in [0.717, 1.165) is 6.26 Å². The van der Waals surface area contributed by atoms with Gasteiger partial charge in [-0.3, -0.25) is 9.59 Å². The summed E-state index contributed by atoms with van der Waals surface area (Å²) in [5.41, 5.74) is 1.26. The molecule has 12 heteroatoms. The van der Waals surface area contributed by atoms with Crippen LogP contribution in [0.5, 0.6) is 23.0 Å². The van der Waals surface area contributed by atoms with Crippen molar-refractivity contribution in [1.29, 1.82) is 0 Å². The van der Waals surface area contributed by atoms with Gasteiger partial charge in [-0.25, -0.2) is 0 Å². The van der Waals surface area contributed by atoms with Crippen molar-refractivity contribution < 1.29 is 43.7 Å². The summed E-state index contributed by atoms with van der Waals surface area (Å²) in [4.78, 5) is 25.3. The van der Waals surface area contributed by atoms with Crippen molar-refractivity contribution in [3.8, 4) is 23.0 Å².